The summed E-state index contributed by atoms with van der Waals surface area (Å²) in [5, 5.41) is 9.97. The smallest absolute Gasteiger partial charge is 0.261 e. The molecule has 0 unspecified atom stereocenters. The van der Waals surface area contributed by atoms with E-state index in [4.69, 9.17) is 0 Å². The summed E-state index contributed by atoms with van der Waals surface area (Å²) in [6.07, 6.45) is 0. The van der Waals surface area contributed by atoms with Gasteiger partial charge in [0.25, 0.3) is 5.91 Å². The molecule has 0 aromatic carbocycles. The third kappa shape index (κ3) is 2.80. The Labute approximate surface area is 121 Å². The van der Waals surface area contributed by atoms with Gasteiger partial charge in [0, 0.05) is 11.3 Å². The number of hydrogen-bond donors (Lipinski definition) is 2. The highest BCUT2D eigenvalue weighted by atomic mass is 32.1. The summed E-state index contributed by atoms with van der Waals surface area (Å²) < 4.78 is 0. The molecule has 0 aliphatic heterocycles. The summed E-state index contributed by atoms with van der Waals surface area (Å²) in [6.45, 7) is 7.24. The minimum atomic E-state index is -0.171. The van der Waals surface area contributed by atoms with Gasteiger partial charge in [0.15, 0.2) is 5.78 Å². The quantitative estimate of drug-likeness (QED) is 0.851. The van der Waals surface area contributed by atoms with Crippen LogP contribution in [-0.2, 0) is 0 Å². The maximum Gasteiger partial charge on any atom is 0.261 e. The van der Waals surface area contributed by atoms with Crippen molar-refractivity contribution in [1.82, 2.24) is 15.5 Å². The van der Waals surface area contributed by atoms with Crippen molar-refractivity contribution in [2.24, 2.45) is 0 Å². The molecule has 0 aliphatic carbocycles. The molecule has 6 heteroatoms. The van der Waals surface area contributed by atoms with Gasteiger partial charge >= 0.3 is 0 Å². The second kappa shape index (κ2) is 5.58. The average Bonchev–Trinajstić information content (AvgIpc) is 2.96. The van der Waals surface area contributed by atoms with E-state index in [-0.39, 0.29) is 17.7 Å². The predicted octanol–water partition coefficient (Wildman–Crippen LogP) is 2.78. The average molecular weight is 291 g/mol. The van der Waals surface area contributed by atoms with Gasteiger partial charge in [0.1, 0.15) is 0 Å². The molecule has 2 aromatic rings. The van der Waals surface area contributed by atoms with Gasteiger partial charge < -0.3 is 5.32 Å². The Morgan fingerprint density at radius 1 is 1.30 bits per heavy atom. The van der Waals surface area contributed by atoms with Crippen molar-refractivity contribution in [3.05, 3.63) is 38.8 Å². The van der Waals surface area contributed by atoms with Gasteiger partial charge in [-0.2, -0.15) is 5.10 Å². The highest BCUT2D eigenvalue weighted by Gasteiger charge is 2.18. The van der Waals surface area contributed by atoms with Crippen LogP contribution in [-0.4, -0.2) is 21.9 Å². The number of Topliss-reactive ketones (excluding diaryl/α,β-unsaturated/α-hetero) is 1. The molecule has 1 amide bonds. The van der Waals surface area contributed by atoms with Crippen molar-refractivity contribution in [2.45, 2.75) is 33.7 Å². The van der Waals surface area contributed by atoms with E-state index in [1.807, 2.05) is 20.8 Å². The maximum atomic E-state index is 12.2. The van der Waals surface area contributed by atoms with E-state index in [0.29, 0.717) is 9.75 Å². The fourth-order valence-electron chi connectivity index (χ4n) is 2.19. The number of nitrogens with one attached hydrogen (secondary N) is 2. The van der Waals surface area contributed by atoms with Crippen LogP contribution in [0.1, 0.15) is 56.2 Å². The zero-order valence-electron chi connectivity index (χ0n) is 11.9. The van der Waals surface area contributed by atoms with Crippen LogP contribution in [0.2, 0.25) is 0 Å². The monoisotopic (exact) mass is 291 g/mol. The molecule has 0 spiro atoms. The molecule has 0 saturated carbocycles. The number of amides is 1. The Morgan fingerprint density at radius 2 is 1.95 bits per heavy atom. The largest absolute Gasteiger partial charge is 0.345 e. The molecule has 20 heavy (non-hydrogen) atoms. The number of aromatic amines is 1. The van der Waals surface area contributed by atoms with E-state index >= 15 is 0 Å². The molecule has 1 atom stereocenters. The highest BCUT2D eigenvalue weighted by Crippen LogP contribution is 2.21. The van der Waals surface area contributed by atoms with Crippen LogP contribution in [0.25, 0.3) is 0 Å². The molecule has 0 aliphatic rings. The standard InChI is InChI=1S/C14H17N3O2S/c1-7(13-8(2)16-17-9(13)3)15-14(19)12-6-5-11(20-12)10(4)18/h5-7H,1-4H3,(H,15,19)(H,16,17)/t7-/m1/s1. The lowest BCUT2D eigenvalue weighted by Gasteiger charge is -2.13. The van der Waals surface area contributed by atoms with E-state index in [0.717, 1.165) is 17.0 Å². The number of carbonyl (C=O) groups excluding carboxylic acids is 2. The molecular formula is C14H17N3O2S. The Bertz CT molecular complexity index is 638. The van der Waals surface area contributed by atoms with Crippen molar-refractivity contribution in [3.63, 3.8) is 0 Å². The zero-order valence-corrected chi connectivity index (χ0v) is 12.7. The second-order valence-electron chi connectivity index (χ2n) is 4.76. The molecule has 0 bridgehead atoms. The van der Waals surface area contributed by atoms with E-state index in [9.17, 15) is 9.59 Å². The molecule has 2 heterocycles. The van der Waals surface area contributed by atoms with Gasteiger partial charge in [0.05, 0.1) is 21.5 Å². The van der Waals surface area contributed by atoms with Crippen molar-refractivity contribution in [1.29, 1.82) is 0 Å². The summed E-state index contributed by atoms with van der Waals surface area (Å²) in [4.78, 5) is 24.6. The lowest BCUT2D eigenvalue weighted by Crippen LogP contribution is -2.26. The van der Waals surface area contributed by atoms with E-state index in [2.05, 4.69) is 15.5 Å². The Hall–Kier alpha value is -1.95. The first kappa shape index (κ1) is 14.5. The number of thiophene rings is 1. The maximum absolute atomic E-state index is 12.2. The van der Waals surface area contributed by atoms with Gasteiger partial charge in [-0.15, -0.1) is 11.3 Å². The zero-order chi connectivity index (χ0) is 14.9. The van der Waals surface area contributed by atoms with Crippen LogP contribution in [0, 0.1) is 13.8 Å². The summed E-state index contributed by atoms with van der Waals surface area (Å²) >= 11 is 1.21. The van der Waals surface area contributed by atoms with Crippen molar-refractivity contribution in [3.8, 4) is 0 Å². The molecule has 2 rings (SSSR count). The van der Waals surface area contributed by atoms with Crippen LogP contribution in [0.3, 0.4) is 0 Å². The number of H-pyrrole nitrogens is 1. The van der Waals surface area contributed by atoms with E-state index < -0.39 is 0 Å². The summed E-state index contributed by atoms with van der Waals surface area (Å²) in [5.74, 6) is -0.196. The first-order valence-corrected chi connectivity index (χ1v) is 7.15. The molecule has 0 fully saturated rings. The van der Waals surface area contributed by atoms with Crippen molar-refractivity contribution < 1.29 is 9.59 Å². The fraction of sp³-hybridized carbons (Fsp3) is 0.357. The predicted molar refractivity (Wildman–Crippen MR) is 78.3 cm³/mol. The Kier molecular flexibility index (Phi) is 4.04. The molecular weight excluding hydrogens is 274 g/mol. The minimum Gasteiger partial charge on any atom is -0.345 e. The fourth-order valence-corrected chi connectivity index (χ4v) is 2.99. The summed E-state index contributed by atoms with van der Waals surface area (Å²) in [6, 6.07) is 3.23. The normalized spacial score (nSPS) is 12.2. The topological polar surface area (TPSA) is 74.8 Å². The number of hydrogen-bond acceptors (Lipinski definition) is 4. The van der Waals surface area contributed by atoms with Crippen LogP contribution < -0.4 is 5.32 Å². The van der Waals surface area contributed by atoms with Gasteiger partial charge in [-0.1, -0.05) is 0 Å². The van der Waals surface area contributed by atoms with E-state index in [1.54, 1.807) is 12.1 Å². The van der Waals surface area contributed by atoms with Crippen molar-refractivity contribution in [2.75, 3.05) is 0 Å². The molecule has 0 radical (unpaired) electrons. The van der Waals surface area contributed by atoms with Crippen LogP contribution in [0.5, 0.6) is 0 Å². The van der Waals surface area contributed by atoms with Crippen LogP contribution >= 0.6 is 11.3 Å². The summed E-state index contributed by atoms with van der Waals surface area (Å²) in [5.41, 5.74) is 2.83. The van der Waals surface area contributed by atoms with Crippen LogP contribution in [0.4, 0.5) is 0 Å². The summed E-state index contributed by atoms with van der Waals surface area (Å²) in [7, 11) is 0. The number of aromatic nitrogens is 2. The lowest BCUT2D eigenvalue weighted by molar-refractivity contribution is 0.0943. The molecule has 0 saturated heterocycles. The van der Waals surface area contributed by atoms with Gasteiger partial charge in [0.2, 0.25) is 0 Å². The molecule has 2 aromatic heterocycles. The Balaban J connectivity index is 2.13. The van der Waals surface area contributed by atoms with Gasteiger partial charge in [-0.25, -0.2) is 0 Å². The van der Waals surface area contributed by atoms with Crippen LogP contribution in [0.15, 0.2) is 12.1 Å². The lowest BCUT2D eigenvalue weighted by atomic mass is 10.1. The minimum absolute atomic E-state index is 0.0244. The van der Waals surface area contributed by atoms with Gasteiger partial charge in [-0.3, -0.25) is 14.7 Å². The first-order valence-electron chi connectivity index (χ1n) is 6.33. The Morgan fingerprint density at radius 3 is 2.45 bits per heavy atom. The number of nitrogens with zero attached hydrogens (tertiary/aromatic N) is 1. The van der Waals surface area contributed by atoms with Gasteiger partial charge in [-0.05, 0) is 39.8 Å². The SMILES string of the molecule is CC(=O)c1ccc(C(=O)N[C@H](C)c2c(C)n[nH]c2C)s1. The number of ketones is 1. The van der Waals surface area contributed by atoms with E-state index in [1.165, 1.54) is 18.3 Å². The molecule has 2 N–H and O–H groups in total. The number of aryl methyl sites for hydroxylation is 2. The highest BCUT2D eigenvalue weighted by molar-refractivity contribution is 7.15. The molecule has 5 nitrogen and oxygen atoms in total. The second-order valence-corrected chi connectivity index (χ2v) is 5.85. The third-order valence-electron chi connectivity index (χ3n) is 3.14. The molecule has 106 valence electrons. The number of carbonyl (C=O) groups is 2. The first-order chi connectivity index (χ1) is 9.40. The number of rotatable bonds is 4. The van der Waals surface area contributed by atoms with Crippen molar-refractivity contribution >= 4 is 23.0 Å². The third-order valence-corrected chi connectivity index (χ3v) is 4.33.